The Hall–Kier alpha value is 0.140. The van der Waals surface area contributed by atoms with Gasteiger partial charge in [-0.2, -0.15) is 0 Å². The largest absolute Gasteiger partial charge is 0.309 e. The van der Waals surface area contributed by atoms with Gasteiger partial charge in [-0.3, -0.25) is 0 Å². The van der Waals surface area contributed by atoms with E-state index in [0.717, 1.165) is 12.5 Å². The van der Waals surface area contributed by atoms with Gasteiger partial charge in [-0.05, 0) is 65.7 Å². The lowest BCUT2D eigenvalue weighted by molar-refractivity contribution is 0.332. The van der Waals surface area contributed by atoms with Gasteiger partial charge in [-0.25, -0.2) is 0 Å². The molecule has 1 nitrogen and oxygen atoms in total. The van der Waals surface area contributed by atoms with E-state index in [9.17, 15) is 0 Å². The van der Waals surface area contributed by atoms with E-state index in [1.165, 1.54) is 27.1 Å². The van der Waals surface area contributed by atoms with E-state index in [-0.39, 0.29) is 0 Å². The average molecular weight is 332 g/mol. The van der Waals surface area contributed by atoms with E-state index in [0.29, 0.717) is 12.0 Å². The van der Waals surface area contributed by atoms with Crippen LogP contribution in [0.5, 0.6) is 0 Å². The van der Waals surface area contributed by atoms with E-state index < -0.39 is 0 Å². The van der Waals surface area contributed by atoms with Crippen LogP contribution in [0.1, 0.15) is 57.0 Å². The smallest absolute Gasteiger partial charge is 0.0731 e. The monoisotopic (exact) mass is 331 g/mol. The topological polar surface area (TPSA) is 12.0 Å². The van der Waals surface area contributed by atoms with Crippen molar-refractivity contribution in [2.45, 2.75) is 53.5 Å². The molecule has 18 heavy (non-hydrogen) atoms. The molecular formula is C15H26BrNS. The summed E-state index contributed by atoms with van der Waals surface area (Å²) >= 11 is 5.53. The normalized spacial score (nSPS) is 15.1. The van der Waals surface area contributed by atoms with E-state index in [1.54, 1.807) is 0 Å². The second-order valence-corrected chi connectivity index (χ2v) is 8.05. The lowest BCUT2D eigenvalue weighted by Gasteiger charge is -2.25. The van der Waals surface area contributed by atoms with Crippen molar-refractivity contribution in [3.05, 3.63) is 20.3 Å². The SMILES string of the molecule is CCCNC(c1cc(C)c(Br)s1)C(C)CC(C)C. The molecule has 1 N–H and O–H groups in total. The number of hydrogen-bond acceptors (Lipinski definition) is 2. The van der Waals surface area contributed by atoms with Crippen LogP contribution < -0.4 is 5.32 Å². The summed E-state index contributed by atoms with van der Waals surface area (Å²) in [5.41, 5.74) is 1.36. The fourth-order valence-electron chi connectivity index (χ4n) is 2.40. The molecule has 1 aromatic rings. The summed E-state index contributed by atoms with van der Waals surface area (Å²) in [6.45, 7) is 12.5. The van der Waals surface area contributed by atoms with Crippen molar-refractivity contribution in [3.63, 3.8) is 0 Å². The molecule has 0 aromatic carbocycles. The van der Waals surface area contributed by atoms with Crippen molar-refractivity contribution in [2.75, 3.05) is 6.54 Å². The van der Waals surface area contributed by atoms with Crippen LogP contribution in [0.25, 0.3) is 0 Å². The Morgan fingerprint density at radius 3 is 2.44 bits per heavy atom. The van der Waals surface area contributed by atoms with Crippen LogP contribution in [0.2, 0.25) is 0 Å². The van der Waals surface area contributed by atoms with Crippen molar-refractivity contribution in [1.29, 1.82) is 0 Å². The molecule has 0 aliphatic heterocycles. The molecule has 0 aliphatic carbocycles. The fourth-order valence-corrected chi connectivity index (χ4v) is 4.18. The molecule has 1 heterocycles. The molecule has 1 aromatic heterocycles. The number of nitrogens with one attached hydrogen (secondary N) is 1. The summed E-state index contributed by atoms with van der Waals surface area (Å²) in [4.78, 5) is 1.47. The van der Waals surface area contributed by atoms with Crippen molar-refractivity contribution in [3.8, 4) is 0 Å². The summed E-state index contributed by atoms with van der Waals surface area (Å²) in [6, 6.07) is 2.83. The van der Waals surface area contributed by atoms with E-state index in [1.807, 2.05) is 11.3 Å². The molecule has 2 atom stereocenters. The molecule has 0 aliphatic rings. The predicted octanol–water partition coefficient (Wildman–Crippen LogP) is 5.54. The zero-order valence-corrected chi connectivity index (χ0v) is 14.6. The minimum Gasteiger partial charge on any atom is -0.309 e. The fraction of sp³-hybridized carbons (Fsp3) is 0.733. The van der Waals surface area contributed by atoms with Gasteiger partial charge >= 0.3 is 0 Å². The molecule has 0 saturated heterocycles. The summed E-state index contributed by atoms with van der Waals surface area (Å²) in [5.74, 6) is 1.44. The minimum absolute atomic E-state index is 0.502. The molecule has 0 spiro atoms. The maximum absolute atomic E-state index is 3.72. The predicted molar refractivity (Wildman–Crippen MR) is 86.4 cm³/mol. The summed E-state index contributed by atoms with van der Waals surface area (Å²) in [5, 5.41) is 3.72. The third-order valence-electron chi connectivity index (χ3n) is 3.21. The van der Waals surface area contributed by atoms with Crippen LogP contribution >= 0.6 is 27.3 Å². The Morgan fingerprint density at radius 2 is 2.00 bits per heavy atom. The molecule has 0 saturated carbocycles. The number of thiophene rings is 1. The van der Waals surface area contributed by atoms with Gasteiger partial charge in [0, 0.05) is 10.9 Å². The van der Waals surface area contributed by atoms with Gasteiger partial charge in [0.25, 0.3) is 0 Å². The van der Waals surface area contributed by atoms with Gasteiger partial charge in [-0.1, -0.05) is 27.7 Å². The first-order chi connectivity index (χ1) is 8.45. The van der Waals surface area contributed by atoms with Gasteiger partial charge < -0.3 is 5.32 Å². The quantitative estimate of drug-likeness (QED) is 0.691. The highest BCUT2D eigenvalue weighted by Crippen LogP contribution is 2.36. The Morgan fingerprint density at radius 1 is 1.33 bits per heavy atom. The van der Waals surface area contributed by atoms with Gasteiger partial charge in [0.15, 0.2) is 0 Å². The van der Waals surface area contributed by atoms with Crippen LogP contribution in [-0.2, 0) is 0 Å². The van der Waals surface area contributed by atoms with E-state index in [2.05, 4.69) is 61.9 Å². The molecule has 3 heteroatoms. The zero-order valence-electron chi connectivity index (χ0n) is 12.2. The number of rotatable bonds is 7. The average Bonchev–Trinajstić information content (AvgIpc) is 2.58. The summed E-state index contributed by atoms with van der Waals surface area (Å²) in [7, 11) is 0. The van der Waals surface area contributed by atoms with Gasteiger partial charge in [-0.15, -0.1) is 11.3 Å². The molecule has 0 amide bonds. The Labute approximate surface area is 125 Å². The van der Waals surface area contributed by atoms with Crippen molar-refractivity contribution in [1.82, 2.24) is 5.32 Å². The minimum atomic E-state index is 0.502. The van der Waals surface area contributed by atoms with Crippen molar-refractivity contribution in [2.24, 2.45) is 11.8 Å². The first kappa shape index (κ1) is 16.2. The van der Waals surface area contributed by atoms with Crippen LogP contribution in [-0.4, -0.2) is 6.54 Å². The number of aryl methyl sites for hydroxylation is 1. The first-order valence-corrected chi connectivity index (χ1v) is 8.55. The highest BCUT2D eigenvalue weighted by atomic mass is 79.9. The van der Waals surface area contributed by atoms with Gasteiger partial charge in [0.2, 0.25) is 0 Å². The Kier molecular flexibility index (Phi) is 6.89. The molecule has 0 radical (unpaired) electrons. The Bertz CT molecular complexity index is 340. The van der Waals surface area contributed by atoms with Crippen LogP contribution in [0.3, 0.4) is 0 Å². The second-order valence-electron chi connectivity index (χ2n) is 5.64. The lowest BCUT2D eigenvalue weighted by atomic mass is 9.91. The third-order valence-corrected chi connectivity index (χ3v) is 5.43. The van der Waals surface area contributed by atoms with Crippen molar-refractivity contribution >= 4 is 27.3 Å². The standard InChI is InChI=1S/C15H26BrNS/c1-6-7-17-14(11(4)8-10(2)3)13-9-12(5)15(16)18-13/h9-11,14,17H,6-8H2,1-5H3. The second kappa shape index (κ2) is 7.66. The third kappa shape index (κ3) is 4.67. The molecule has 0 fully saturated rings. The van der Waals surface area contributed by atoms with Crippen LogP contribution in [0, 0.1) is 18.8 Å². The number of halogens is 1. The summed E-state index contributed by atoms with van der Waals surface area (Å²) < 4.78 is 1.28. The van der Waals surface area contributed by atoms with Gasteiger partial charge in [0.1, 0.15) is 0 Å². The first-order valence-electron chi connectivity index (χ1n) is 6.94. The van der Waals surface area contributed by atoms with E-state index >= 15 is 0 Å². The molecule has 0 bridgehead atoms. The highest BCUT2D eigenvalue weighted by Gasteiger charge is 2.21. The Balaban J connectivity index is 2.82. The van der Waals surface area contributed by atoms with Crippen LogP contribution in [0.4, 0.5) is 0 Å². The molecular weight excluding hydrogens is 306 g/mol. The van der Waals surface area contributed by atoms with Gasteiger partial charge in [0.05, 0.1) is 3.79 Å². The van der Waals surface area contributed by atoms with Crippen LogP contribution in [0.15, 0.2) is 9.85 Å². The van der Waals surface area contributed by atoms with Crippen molar-refractivity contribution < 1.29 is 0 Å². The van der Waals surface area contributed by atoms with E-state index in [4.69, 9.17) is 0 Å². The molecule has 104 valence electrons. The zero-order chi connectivity index (χ0) is 13.7. The molecule has 1 rings (SSSR count). The number of hydrogen-bond donors (Lipinski definition) is 1. The maximum Gasteiger partial charge on any atom is 0.0731 e. The summed E-state index contributed by atoms with van der Waals surface area (Å²) in [6.07, 6.45) is 2.46. The lowest BCUT2D eigenvalue weighted by Crippen LogP contribution is -2.27. The highest BCUT2D eigenvalue weighted by molar-refractivity contribution is 9.11. The molecule has 2 unspecified atom stereocenters. The maximum atomic E-state index is 3.72.